The van der Waals surface area contributed by atoms with E-state index < -0.39 is 0 Å². The number of rotatable bonds is 5. The minimum absolute atomic E-state index is 0.00410. The van der Waals surface area contributed by atoms with Crippen LogP contribution in [0.25, 0.3) is 0 Å². The molecule has 1 saturated carbocycles. The van der Waals surface area contributed by atoms with Crippen molar-refractivity contribution < 1.29 is 9.21 Å². The molecule has 0 N–H and O–H groups in total. The molecule has 0 spiro atoms. The van der Waals surface area contributed by atoms with Crippen molar-refractivity contribution in [3.8, 4) is 0 Å². The molecule has 1 aliphatic carbocycles. The van der Waals surface area contributed by atoms with Gasteiger partial charge in [0.15, 0.2) is 0 Å². The molecule has 2 aromatic heterocycles. The number of aromatic nitrogens is 2. The van der Waals surface area contributed by atoms with Crippen LogP contribution in [0.1, 0.15) is 44.4 Å². The van der Waals surface area contributed by atoms with Gasteiger partial charge < -0.3 is 14.2 Å². The third-order valence-corrected chi connectivity index (χ3v) is 5.17. The molecule has 3 heterocycles. The lowest BCUT2D eigenvalue weighted by atomic mass is 9.95. The first kappa shape index (κ1) is 16.1. The number of nitrogens with zero attached hydrogens (tertiary/aromatic N) is 4. The molecule has 0 aromatic carbocycles. The third-order valence-electron chi connectivity index (χ3n) is 5.17. The number of carbonyl (C=O) groups excluding carboxylic acids is 1. The van der Waals surface area contributed by atoms with Gasteiger partial charge in [-0.1, -0.05) is 0 Å². The highest BCUT2D eigenvalue weighted by atomic mass is 16.3. The maximum absolute atomic E-state index is 13.3. The Kier molecular flexibility index (Phi) is 4.42. The standard InChI is InChI=1S/C19H24N4O2/c1-14(17-6-3-12-25-17)23(16-7-8-16)18(24)15-5-2-11-22(13-15)19-20-9-4-10-21-19/h3-4,6,9-10,12,14-16H,2,5,7-8,11,13H2,1H3/t14-,15-/m0/s1. The summed E-state index contributed by atoms with van der Waals surface area (Å²) in [5.74, 6) is 1.82. The second-order valence-electron chi connectivity index (χ2n) is 7.00. The van der Waals surface area contributed by atoms with E-state index in [1.54, 1.807) is 18.7 Å². The summed E-state index contributed by atoms with van der Waals surface area (Å²) in [6.07, 6.45) is 9.28. The van der Waals surface area contributed by atoms with Crippen molar-refractivity contribution in [2.24, 2.45) is 5.92 Å². The summed E-state index contributed by atoms with van der Waals surface area (Å²) in [6.45, 7) is 3.66. The first-order chi connectivity index (χ1) is 12.2. The van der Waals surface area contributed by atoms with Crippen molar-refractivity contribution in [3.63, 3.8) is 0 Å². The quantitative estimate of drug-likeness (QED) is 0.837. The van der Waals surface area contributed by atoms with Crippen molar-refractivity contribution in [3.05, 3.63) is 42.6 Å². The van der Waals surface area contributed by atoms with Crippen LogP contribution < -0.4 is 4.90 Å². The van der Waals surface area contributed by atoms with Crippen molar-refractivity contribution >= 4 is 11.9 Å². The van der Waals surface area contributed by atoms with Gasteiger partial charge in [0.2, 0.25) is 11.9 Å². The average molecular weight is 340 g/mol. The lowest BCUT2D eigenvalue weighted by molar-refractivity contribution is -0.139. The van der Waals surface area contributed by atoms with Gasteiger partial charge in [-0.2, -0.15) is 0 Å². The Morgan fingerprint density at radius 3 is 2.76 bits per heavy atom. The molecule has 6 heteroatoms. The van der Waals surface area contributed by atoms with Gasteiger partial charge in [-0.15, -0.1) is 0 Å². The molecule has 1 aliphatic heterocycles. The number of hydrogen-bond donors (Lipinski definition) is 0. The smallest absolute Gasteiger partial charge is 0.228 e. The second-order valence-corrected chi connectivity index (χ2v) is 7.00. The normalized spacial score (nSPS) is 21.8. The zero-order valence-corrected chi connectivity index (χ0v) is 14.5. The van der Waals surface area contributed by atoms with Crippen molar-refractivity contribution in [1.29, 1.82) is 0 Å². The molecule has 2 atom stereocenters. The van der Waals surface area contributed by atoms with Gasteiger partial charge >= 0.3 is 0 Å². The first-order valence-corrected chi connectivity index (χ1v) is 9.11. The number of piperidine rings is 1. The summed E-state index contributed by atoms with van der Waals surface area (Å²) in [7, 11) is 0. The topological polar surface area (TPSA) is 62.5 Å². The summed E-state index contributed by atoms with van der Waals surface area (Å²) in [5.41, 5.74) is 0. The van der Waals surface area contributed by atoms with Crippen LogP contribution in [0.15, 0.2) is 41.3 Å². The van der Waals surface area contributed by atoms with E-state index >= 15 is 0 Å². The maximum Gasteiger partial charge on any atom is 0.228 e. The third kappa shape index (κ3) is 3.38. The Morgan fingerprint density at radius 1 is 1.28 bits per heavy atom. The molecule has 0 radical (unpaired) electrons. The van der Waals surface area contributed by atoms with Crippen LogP contribution in [-0.2, 0) is 4.79 Å². The highest BCUT2D eigenvalue weighted by Crippen LogP contribution is 2.37. The highest BCUT2D eigenvalue weighted by molar-refractivity contribution is 5.80. The van der Waals surface area contributed by atoms with E-state index in [1.807, 2.05) is 18.2 Å². The Labute approximate surface area is 147 Å². The summed E-state index contributed by atoms with van der Waals surface area (Å²) in [4.78, 5) is 26.2. The van der Waals surface area contributed by atoms with Crippen LogP contribution in [0.3, 0.4) is 0 Å². The SMILES string of the molecule is C[C@@H](c1ccco1)N(C(=O)[C@H]1CCCN(c2ncccn2)C1)C1CC1. The minimum atomic E-state index is -0.0154. The molecule has 2 aliphatic rings. The molecule has 1 amide bonds. The zero-order valence-electron chi connectivity index (χ0n) is 14.5. The number of anilines is 1. The lowest BCUT2D eigenvalue weighted by Crippen LogP contribution is -2.46. The Hall–Kier alpha value is -2.37. The van der Waals surface area contributed by atoms with Gasteiger partial charge in [0.25, 0.3) is 0 Å². The minimum Gasteiger partial charge on any atom is -0.467 e. The van der Waals surface area contributed by atoms with Gasteiger partial charge in [0.05, 0.1) is 18.2 Å². The number of hydrogen-bond acceptors (Lipinski definition) is 5. The molecule has 0 bridgehead atoms. The fourth-order valence-corrected chi connectivity index (χ4v) is 3.73. The van der Waals surface area contributed by atoms with Crippen molar-refractivity contribution in [1.82, 2.24) is 14.9 Å². The predicted molar refractivity (Wildman–Crippen MR) is 94.0 cm³/mol. The van der Waals surface area contributed by atoms with E-state index in [2.05, 4.69) is 26.7 Å². The molecular weight excluding hydrogens is 316 g/mol. The fraction of sp³-hybridized carbons (Fsp3) is 0.526. The molecule has 25 heavy (non-hydrogen) atoms. The van der Waals surface area contributed by atoms with E-state index in [0.29, 0.717) is 12.6 Å². The molecule has 0 unspecified atom stereocenters. The Morgan fingerprint density at radius 2 is 2.08 bits per heavy atom. The highest BCUT2D eigenvalue weighted by Gasteiger charge is 2.41. The molecule has 1 saturated heterocycles. The van der Waals surface area contributed by atoms with Crippen LogP contribution in [-0.4, -0.2) is 39.9 Å². The number of furan rings is 1. The van der Waals surface area contributed by atoms with Crippen LogP contribution in [0.4, 0.5) is 5.95 Å². The predicted octanol–water partition coefficient (Wildman–Crippen LogP) is 3.04. The molecular formula is C19H24N4O2. The average Bonchev–Trinajstić information content (AvgIpc) is 3.34. The van der Waals surface area contributed by atoms with Gasteiger partial charge in [-0.05, 0) is 50.8 Å². The zero-order chi connectivity index (χ0) is 17.2. The molecule has 4 rings (SSSR count). The van der Waals surface area contributed by atoms with Gasteiger partial charge in [0.1, 0.15) is 5.76 Å². The van der Waals surface area contributed by atoms with E-state index in [9.17, 15) is 4.79 Å². The van der Waals surface area contributed by atoms with Crippen LogP contribution >= 0.6 is 0 Å². The summed E-state index contributed by atoms with van der Waals surface area (Å²) in [5, 5.41) is 0. The van der Waals surface area contributed by atoms with Crippen molar-refractivity contribution in [2.75, 3.05) is 18.0 Å². The van der Waals surface area contributed by atoms with Crippen molar-refractivity contribution in [2.45, 2.75) is 44.7 Å². The summed E-state index contributed by atoms with van der Waals surface area (Å²) < 4.78 is 5.56. The van der Waals surface area contributed by atoms with E-state index in [0.717, 1.165) is 43.9 Å². The fourth-order valence-electron chi connectivity index (χ4n) is 3.73. The molecule has 6 nitrogen and oxygen atoms in total. The molecule has 132 valence electrons. The van der Waals surface area contributed by atoms with Gasteiger partial charge in [-0.3, -0.25) is 4.79 Å². The van der Waals surface area contributed by atoms with Crippen LogP contribution in [0.5, 0.6) is 0 Å². The lowest BCUT2D eigenvalue weighted by Gasteiger charge is -2.37. The van der Waals surface area contributed by atoms with E-state index in [-0.39, 0.29) is 17.9 Å². The monoisotopic (exact) mass is 340 g/mol. The largest absolute Gasteiger partial charge is 0.467 e. The molecule has 2 fully saturated rings. The maximum atomic E-state index is 13.3. The van der Waals surface area contributed by atoms with Gasteiger partial charge in [0, 0.05) is 31.5 Å². The van der Waals surface area contributed by atoms with E-state index in [4.69, 9.17) is 4.42 Å². The number of amides is 1. The summed E-state index contributed by atoms with van der Waals surface area (Å²) >= 11 is 0. The second kappa shape index (κ2) is 6.86. The van der Waals surface area contributed by atoms with Crippen LogP contribution in [0.2, 0.25) is 0 Å². The summed E-state index contributed by atoms with van der Waals surface area (Å²) in [6, 6.07) is 6.00. The number of carbonyl (C=O) groups is 1. The van der Waals surface area contributed by atoms with E-state index in [1.165, 1.54) is 0 Å². The molecule has 2 aromatic rings. The van der Waals surface area contributed by atoms with Crippen LogP contribution in [0, 0.1) is 5.92 Å². The van der Waals surface area contributed by atoms with Gasteiger partial charge in [-0.25, -0.2) is 9.97 Å². The Bertz CT molecular complexity index is 699. The first-order valence-electron chi connectivity index (χ1n) is 9.11. The Balaban J connectivity index is 1.50.